The van der Waals surface area contributed by atoms with Gasteiger partial charge in [0.2, 0.25) is 5.24 Å². The second-order valence-electron chi connectivity index (χ2n) is 18.4. The number of carbonyl (C=O) groups excluding carboxylic acids is 4. The zero-order chi connectivity index (χ0) is 60.9. The van der Waals surface area contributed by atoms with Gasteiger partial charge in [-0.2, -0.15) is 0 Å². The van der Waals surface area contributed by atoms with Crippen LogP contribution in [0.25, 0.3) is 44.5 Å². The van der Waals surface area contributed by atoms with Crippen LogP contribution in [0.4, 0.5) is 0 Å². The summed E-state index contributed by atoms with van der Waals surface area (Å²) >= 11 is 33.4. The van der Waals surface area contributed by atoms with Crippen molar-refractivity contribution in [3.8, 4) is 44.5 Å². The van der Waals surface area contributed by atoms with E-state index in [2.05, 4.69) is 163 Å². The molecule has 0 atom stereocenters. The molecule has 8 aromatic carbocycles. The lowest BCUT2D eigenvalue weighted by Gasteiger charge is -2.07. The van der Waals surface area contributed by atoms with Crippen LogP contribution < -0.4 is 17.3 Å². The van der Waals surface area contributed by atoms with E-state index in [1.165, 1.54) is 16.0 Å². The first-order valence-electron chi connectivity index (χ1n) is 26.4. The third-order valence-electron chi connectivity index (χ3n) is 11.8. The Morgan fingerprint density at radius 1 is 0.365 bits per heavy atom. The van der Waals surface area contributed by atoms with Gasteiger partial charge in [0.05, 0.1) is 20.6 Å². The van der Waals surface area contributed by atoms with E-state index in [1.807, 2.05) is 115 Å². The molecule has 0 aliphatic carbocycles. The van der Waals surface area contributed by atoms with Gasteiger partial charge in [0, 0.05) is 84.3 Å². The fourth-order valence-electron chi connectivity index (χ4n) is 7.44. The van der Waals surface area contributed by atoms with E-state index in [0.717, 1.165) is 93.8 Å². The van der Waals surface area contributed by atoms with Gasteiger partial charge in [-0.15, -0.1) is 34.8 Å². The van der Waals surface area contributed by atoms with E-state index in [4.69, 9.17) is 76.6 Å². The highest BCUT2D eigenvalue weighted by Crippen LogP contribution is 2.26. The molecule has 0 unspecified atom stereocenters. The summed E-state index contributed by atoms with van der Waals surface area (Å²) in [5, 5.41) is -0.305. The van der Waals surface area contributed by atoms with Crippen LogP contribution in [0.3, 0.4) is 0 Å². The molecule has 0 heterocycles. The molecule has 18 heteroatoms. The average molecular weight is 1580 g/mol. The lowest BCUT2D eigenvalue weighted by atomic mass is 10.0. The van der Waals surface area contributed by atoms with Crippen molar-refractivity contribution >= 4 is 174 Å². The third kappa shape index (κ3) is 34.7. The fourth-order valence-corrected chi connectivity index (χ4v) is 9.03. The molecule has 0 aliphatic heterocycles. The molecule has 0 spiro atoms. The van der Waals surface area contributed by atoms with Crippen LogP contribution in [0, 0.1) is 0 Å². The van der Waals surface area contributed by atoms with Crippen molar-refractivity contribution in [3.63, 3.8) is 0 Å². The molecule has 8 rings (SSSR count). The van der Waals surface area contributed by atoms with Crippen molar-refractivity contribution in [2.45, 2.75) is 58.8 Å². The van der Waals surface area contributed by atoms with Crippen LogP contribution >= 0.6 is 140 Å². The molecule has 85 heavy (non-hydrogen) atoms. The zero-order valence-corrected chi connectivity index (χ0v) is 59.8. The molecule has 0 aliphatic rings. The number of nitrogens with one attached hydrogen (secondary N) is 1. The maximum absolute atomic E-state index is 12.1. The second-order valence-corrected chi connectivity index (χ2v) is 30.1. The van der Waals surface area contributed by atoms with Crippen molar-refractivity contribution in [1.29, 1.82) is 0 Å². The topological polar surface area (TPSA) is 72.7 Å². The average Bonchev–Trinajstić information content (AvgIpc) is 3.54. The van der Waals surface area contributed by atoms with Gasteiger partial charge >= 0.3 is 11.4 Å². The summed E-state index contributed by atoms with van der Waals surface area (Å²) in [4.78, 5) is 47.1. The number of benzene rings is 8. The van der Waals surface area contributed by atoms with Crippen LogP contribution in [-0.2, 0) is 4.79 Å². The minimum Gasteiger partial charge on any atom is -1.00 e. The minimum absolute atomic E-state index is 0. The Bertz CT molecular complexity index is 3000. The number of halogens is 12. The number of alkyl halides is 3. The van der Waals surface area contributed by atoms with Crippen LogP contribution in [0.15, 0.2) is 218 Å². The van der Waals surface area contributed by atoms with Crippen molar-refractivity contribution in [2.24, 2.45) is 0 Å². The number of ketones is 3. The van der Waals surface area contributed by atoms with Gasteiger partial charge in [0.1, 0.15) is 0 Å². The third-order valence-corrected chi connectivity index (χ3v) is 14.9. The Balaban J connectivity index is 0.000000535. The summed E-state index contributed by atoms with van der Waals surface area (Å²) in [6.07, 6.45) is 5.14. The number of carbonyl (C=O) groups is 4. The number of hydrogen-bond donors (Lipinski definition) is 1. The van der Waals surface area contributed by atoms with Crippen molar-refractivity contribution in [3.05, 3.63) is 235 Å². The Kier molecular flexibility index (Phi) is 44.5. The molecule has 5 nitrogen and oxygen atoms in total. The Hall–Kier alpha value is -2.83. The van der Waals surface area contributed by atoms with E-state index in [1.54, 1.807) is 0 Å². The molecule has 0 radical (unpaired) electrons. The number of Topliss-reactive ketones (excluding diaryl/α,β-unsaturated/α-hetero) is 3. The van der Waals surface area contributed by atoms with Crippen molar-refractivity contribution in [2.75, 3.05) is 38.3 Å². The summed E-state index contributed by atoms with van der Waals surface area (Å²) in [7, 11) is 19.1. The molecule has 0 bridgehead atoms. The lowest BCUT2D eigenvalue weighted by molar-refractivity contribution is -0.858. The van der Waals surface area contributed by atoms with E-state index in [0.29, 0.717) is 49.7 Å². The zero-order valence-electron chi connectivity index (χ0n) is 46.3. The first-order chi connectivity index (χ1) is 39.8. The van der Waals surface area contributed by atoms with Crippen LogP contribution in [0.1, 0.15) is 89.9 Å². The van der Waals surface area contributed by atoms with E-state index < -0.39 is 11.4 Å². The van der Waals surface area contributed by atoms with E-state index >= 15 is 0 Å². The highest BCUT2D eigenvalue weighted by Gasteiger charge is 2.10. The predicted molar refractivity (Wildman–Crippen MR) is 379 cm³/mol. The summed E-state index contributed by atoms with van der Waals surface area (Å²) in [6.45, 7) is 1.03. The first kappa shape index (κ1) is 80.2. The Morgan fingerprint density at radius 3 is 0.788 bits per heavy atom. The molecule has 0 saturated carbocycles. The maximum Gasteiger partial charge on any atom is 0.643 e. The monoisotopic (exact) mass is 1570 g/mol. The van der Waals surface area contributed by atoms with Gasteiger partial charge in [-0.3, -0.25) is 19.2 Å². The molecular weight excluding hydrogens is 1510 g/mol. The lowest BCUT2D eigenvalue weighted by Crippen LogP contribution is -3.05. The molecule has 8 aromatic rings. The fraction of sp³-hybridized carbons (Fsp3) is 0.224. The van der Waals surface area contributed by atoms with Crippen LogP contribution in [0.5, 0.6) is 0 Å². The maximum atomic E-state index is 12.1. The quantitative estimate of drug-likeness (QED) is 0.0357. The number of quaternary nitrogens is 1. The van der Waals surface area contributed by atoms with Gasteiger partial charge in [-0.25, -0.2) is 30.1 Å². The molecule has 0 fully saturated rings. The van der Waals surface area contributed by atoms with Crippen LogP contribution in [0.2, 0.25) is 0 Å². The smallest absolute Gasteiger partial charge is 0.643 e. The normalized spacial score (nSPS) is 9.91. The first-order valence-corrected chi connectivity index (χ1v) is 36.8. The summed E-state index contributed by atoms with van der Waals surface area (Å²) in [6, 6.07) is 66.5. The SMILES string of the molecule is Brc1ccc(-c2ccccc2)cc1.C.C[NH+](C)CCCC(=O)c1ccc(-c2ccc(Br)cc2)cc1.O=C(CCCCl)c1ccc(-c2ccc(Br)cc2)cc1.O=C(CCCCl)c1ccc(-c2ccc(Br)cc2)cc1.O=C(Cl)CCCCl.[Cl-].[Cl][Al]([Cl])[Cl]. The molecule has 0 amide bonds. The Labute approximate surface area is 580 Å². The van der Waals surface area contributed by atoms with Crippen LogP contribution in [-0.4, -0.2) is 72.3 Å². The van der Waals surface area contributed by atoms with Crippen molar-refractivity contribution < 1.29 is 36.5 Å². The summed E-state index contributed by atoms with van der Waals surface area (Å²) in [5.41, 5.74) is 11.6. The summed E-state index contributed by atoms with van der Waals surface area (Å²) in [5.74, 6) is 2.12. The molecular formula is C67H68AlBr4Cl8NO4. The molecule has 1 N–H and O–H groups in total. The van der Waals surface area contributed by atoms with Crippen molar-refractivity contribution in [1.82, 2.24) is 0 Å². The van der Waals surface area contributed by atoms with E-state index in [-0.39, 0.29) is 42.4 Å². The molecule has 452 valence electrons. The second kappa shape index (κ2) is 47.2. The molecule has 0 saturated heterocycles. The highest BCUT2D eigenvalue weighted by atomic mass is 79.9. The van der Waals surface area contributed by atoms with E-state index in [9.17, 15) is 19.2 Å². The van der Waals surface area contributed by atoms with Gasteiger partial charge in [0.25, 0.3) is 0 Å². The summed E-state index contributed by atoms with van der Waals surface area (Å²) < 4.78 is 4.31. The number of hydrogen-bond acceptors (Lipinski definition) is 4. The highest BCUT2D eigenvalue weighted by molar-refractivity contribution is 9.11. The van der Waals surface area contributed by atoms with Gasteiger partial charge in [-0.05, 0) is 124 Å². The van der Waals surface area contributed by atoms with Gasteiger partial charge in [0.15, 0.2) is 17.3 Å². The molecule has 0 aromatic heterocycles. The number of rotatable bonds is 20. The largest absolute Gasteiger partial charge is 1.00 e. The predicted octanol–water partition coefficient (Wildman–Crippen LogP) is 19.1. The van der Waals surface area contributed by atoms with Gasteiger partial charge < -0.3 is 17.3 Å². The standard InChI is InChI=1S/C18H20BrNO.2C16H14BrClO.C12H9Br.C4H6Cl2O.CH4.Al.4ClH/c1-20(2)13-3-4-18(21)16-7-5-14(6-8-16)15-9-11-17(19)12-10-15;2*17-15-9-7-13(8-10-15)12-3-5-14(6-4-12)16(19)2-1-11-18;13-12-8-6-11(7-9-12)10-4-2-1-3-5-10;5-3-1-2-4(6)7;;;;;;/h5-12H,3-4,13H2,1-2H3;2*3-10H,1-2,11H2;1-9H;1-3H2;1H4;;4*1H/q;;;;;;+3;;;;/p-3. The Morgan fingerprint density at radius 2 is 0.576 bits per heavy atom. The van der Waals surface area contributed by atoms with Gasteiger partial charge in [-0.1, -0.05) is 223 Å². The minimum atomic E-state index is -1.72.